The minimum atomic E-state index is -0.404. The number of benzene rings is 5. The summed E-state index contributed by atoms with van der Waals surface area (Å²) in [6.45, 7) is 4.66. The van der Waals surface area contributed by atoms with Gasteiger partial charge < -0.3 is 9.30 Å². The van der Waals surface area contributed by atoms with Crippen molar-refractivity contribution in [2.24, 2.45) is 0 Å². The molecule has 0 radical (unpaired) electrons. The van der Waals surface area contributed by atoms with Crippen LogP contribution >= 0.6 is 0 Å². The average molecular weight is 509 g/mol. The van der Waals surface area contributed by atoms with Gasteiger partial charge in [-0.2, -0.15) is 0 Å². The van der Waals surface area contributed by atoms with E-state index in [1.807, 2.05) is 74.5 Å². The number of para-hydroxylation sites is 2. The van der Waals surface area contributed by atoms with Gasteiger partial charge >= 0.3 is 5.97 Å². The Morgan fingerprint density at radius 1 is 0.744 bits per heavy atom. The van der Waals surface area contributed by atoms with Crippen molar-refractivity contribution >= 4 is 39.6 Å². The largest absolute Gasteiger partial charge is 0.422 e. The van der Waals surface area contributed by atoms with Crippen molar-refractivity contribution in [2.75, 3.05) is 0 Å². The number of esters is 1. The number of carbonyl (C=O) groups excluding carboxylic acids is 1. The number of ether oxygens (including phenoxy) is 1. The SMILES string of the molecule is Cc1ccc(C(=O)OC(=Cc2nc3ccccc3n2Cc2cccc3ccccc23)c2ccc(C)cc2)cc1. The van der Waals surface area contributed by atoms with Gasteiger partial charge in [0.2, 0.25) is 0 Å². The van der Waals surface area contributed by atoms with E-state index in [0.717, 1.165) is 33.5 Å². The molecule has 0 amide bonds. The molecule has 5 aromatic carbocycles. The highest BCUT2D eigenvalue weighted by Crippen LogP contribution is 2.27. The summed E-state index contributed by atoms with van der Waals surface area (Å²) in [7, 11) is 0. The summed E-state index contributed by atoms with van der Waals surface area (Å²) in [6, 6.07) is 38.3. The van der Waals surface area contributed by atoms with E-state index < -0.39 is 5.97 Å². The summed E-state index contributed by atoms with van der Waals surface area (Å²) in [5, 5.41) is 2.40. The van der Waals surface area contributed by atoms with Gasteiger partial charge in [0.05, 0.1) is 23.1 Å². The topological polar surface area (TPSA) is 44.1 Å². The first-order chi connectivity index (χ1) is 19.0. The van der Waals surface area contributed by atoms with Gasteiger partial charge in [0.15, 0.2) is 0 Å². The Hall–Kier alpha value is -4.96. The summed E-state index contributed by atoms with van der Waals surface area (Å²) < 4.78 is 8.23. The molecule has 0 unspecified atom stereocenters. The van der Waals surface area contributed by atoms with Crippen LogP contribution in [-0.2, 0) is 11.3 Å². The molecule has 6 rings (SSSR count). The number of carbonyl (C=O) groups is 1. The zero-order valence-electron chi connectivity index (χ0n) is 22.0. The standard InChI is InChI=1S/C35H28N2O2/c1-24-14-18-27(19-15-24)33(39-35(38)28-20-16-25(2)17-21-28)22-34-36-31-12-5-6-13-32(31)37(34)23-29-10-7-9-26-8-3-4-11-30(26)29/h3-22H,23H2,1-2H3. The van der Waals surface area contributed by atoms with Gasteiger partial charge in [0.1, 0.15) is 11.6 Å². The number of fused-ring (bicyclic) bond motifs is 2. The first-order valence-electron chi connectivity index (χ1n) is 13.0. The molecule has 0 aliphatic heterocycles. The summed E-state index contributed by atoms with van der Waals surface area (Å²) in [4.78, 5) is 18.2. The fourth-order valence-corrected chi connectivity index (χ4v) is 4.83. The van der Waals surface area contributed by atoms with Crippen LogP contribution in [0.25, 0.3) is 33.6 Å². The Balaban J connectivity index is 1.47. The van der Waals surface area contributed by atoms with E-state index in [1.54, 1.807) is 12.1 Å². The summed E-state index contributed by atoms with van der Waals surface area (Å²) in [5.41, 5.74) is 6.63. The Kier molecular flexibility index (Phi) is 6.52. The van der Waals surface area contributed by atoms with Crippen molar-refractivity contribution in [1.82, 2.24) is 9.55 Å². The summed E-state index contributed by atoms with van der Waals surface area (Å²) in [6.07, 6.45) is 1.88. The molecule has 6 aromatic rings. The molecule has 4 nitrogen and oxygen atoms in total. The van der Waals surface area contributed by atoms with Crippen molar-refractivity contribution < 1.29 is 9.53 Å². The normalized spacial score (nSPS) is 11.7. The molecule has 0 spiro atoms. The van der Waals surface area contributed by atoms with Gasteiger partial charge in [-0.15, -0.1) is 0 Å². The van der Waals surface area contributed by atoms with Crippen molar-refractivity contribution in [3.8, 4) is 0 Å². The third kappa shape index (κ3) is 5.10. The predicted molar refractivity (Wildman–Crippen MR) is 158 cm³/mol. The van der Waals surface area contributed by atoms with E-state index in [9.17, 15) is 4.79 Å². The third-order valence-corrected chi connectivity index (χ3v) is 6.98. The minimum Gasteiger partial charge on any atom is -0.422 e. The molecule has 0 aliphatic carbocycles. The quantitative estimate of drug-likeness (QED) is 0.168. The molecule has 1 heterocycles. The monoisotopic (exact) mass is 508 g/mol. The van der Waals surface area contributed by atoms with Crippen molar-refractivity contribution in [1.29, 1.82) is 0 Å². The van der Waals surface area contributed by atoms with Crippen LogP contribution in [0.1, 0.15) is 38.4 Å². The highest BCUT2D eigenvalue weighted by atomic mass is 16.5. The number of imidazole rings is 1. The van der Waals surface area contributed by atoms with Crippen LogP contribution < -0.4 is 0 Å². The van der Waals surface area contributed by atoms with E-state index in [-0.39, 0.29) is 0 Å². The van der Waals surface area contributed by atoms with Gasteiger partial charge in [0.25, 0.3) is 0 Å². The highest BCUT2D eigenvalue weighted by molar-refractivity contribution is 5.95. The Morgan fingerprint density at radius 3 is 2.15 bits per heavy atom. The minimum absolute atomic E-state index is 0.404. The van der Waals surface area contributed by atoms with Gasteiger partial charge in [-0.1, -0.05) is 102 Å². The maximum absolute atomic E-state index is 13.2. The maximum atomic E-state index is 13.2. The van der Waals surface area contributed by atoms with Gasteiger partial charge in [-0.3, -0.25) is 0 Å². The smallest absolute Gasteiger partial charge is 0.343 e. The molecule has 0 bridgehead atoms. The van der Waals surface area contributed by atoms with Crippen LogP contribution in [0.3, 0.4) is 0 Å². The van der Waals surface area contributed by atoms with E-state index in [1.165, 1.54) is 16.3 Å². The second-order valence-corrected chi connectivity index (χ2v) is 9.81. The highest BCUT2D eigenvalue weighted by Gasteiger charge is 2.16. The molecular formula is C35H28N2O2. The molecule has 1 aromatic heterocycles. The number of nitrogens with zero attached hydrogens (tertiary/aromatic N) is 2. The lowest BCUT2D eigenvalue weighted by molar-refractivity contribution is 0.0693. The number of hydrogen-bond acceptors (Lipinski definition) is 3. The number of rotatable bonds is 6. The Labute approximate surface area is 227 Å². The van der Waals surface area contributed by atoms with Crippen LogP contribution in [0.4, 0.5) is 0 Å². The zero-order valence-corrected chi connectivity index (χ0v) is 22.0. The lowest BCUT2D eigenvalue weighted by Gasteiger charge is -2.13. The summed E-state index contributed by atoms with van der Waals surface area (Å²) >= 11 is 0. The fraction of sp³-hybridized carbons (Fsp3) is 0.0857. The number of aryl methyl sites for hydroxylation is 2. The van der Waals surface area contributed by atoms with Crippen LogP contribution in [-0.4, -0.2) is 15.5 Å². The molecule has 0 N–H and O–H groups in total. The van der Waals surface area contributed by atoms with Crippen LogP contribution in [0.5, 0.6) is 0 Å². The van der Waals surface area contributed by atoms with Crippen LogP contribution in [0, 0.1) is 13.8 Å². The third-order valence-electron chi connectivity index (χ3n) is 6.98. The predicted octanol–water partition coefficient (Wildman–Crippen LogP) is 8.21. The van der Waals surface area contributed by atoms with E-state index in [4.69, 9.17) is 9.72 Å². The first kappa shape index (κ1) is 24.4. The van der Waals surface area contributed by atoms with E-state index >= 15 is 0 Å². The zero-order chi connectivity index (χ0) is 26.8. The molecule has 0 saturated carbocycles. The van der Waals surface area contributed by atoms with Gasteiger partial charge in [0, 0.05) is 11.6 Å². The maximum Gasteiger partial charge on any atom is 0.343 e. The number of hydrogen-bond donors (Lipinski definition) is 0. The Morgan fingerprint density at radius 2 is 1.38 bits per heavy atom. The van der Waals surface area contributed by atoms with Crippen molar-refractivity contribution in [2.45, 2.75) is 20.4 Å². The van der Waals surface area contributed by atoms with Gasteiger partial charge in [-0.05, 0) is 54.4 Å². The fourth-order valence-electron chi connectivity index (χ4n) is 4.83. The number of aromatic nitrogens is 2. The van der Waals surface area contributed by atoms with E-state index in [0.29, 0.717) is 17.9 Å². The second-order valence-electron chi connectivity index (χ2n) is 9.81. The molecule has 39 heavy (non-hydrogen) atoms. The molecule has 0 atom stereocenters. The van der Waals surface area contributed by atoms with Crippen LogP contribution in [0.2, 0.25) is 0 Å². The van der Waals surface area contributed by atoms with Crippen molar-refractivity contribution in [3.05, 3.63) is 149 Å². The molecule has 0 saturated heterocycles. The molecule has 0 fully saturated rings. The van der Waals surface area contributed by atoms with Crippen LogP contribution in [0.15, 0.2) is 115 Å². The van der Waals surface area contributed by atoms with E-state index in [2.05, 4.69) is 53.1 Å². The lowest BCUT2D eigenvalue weighted by Crippen LogP contribution is -2.07. The summed E-state index contributed by atoms with van der Waals surface area (Å²) in [5.74, 6) is 0.769. The molecule has 0 aliphatic rings. The lowest BCUT2D eigenvalue weighted by atomic mass is 10.0. The van der Waals surface area contributed by atoms with Gasteiger partial charge in [-0.25, -0.2) is 9.78 Å². The van der Waals surface area contributed by atoms with Crippen molar-refractivity contribution in [3.63, 3.8) is 0 Å². The molecule has 4 heteroatoms. The average Bonchev–Trinajstić information content (AvgIpc) is 3.30. The molecule has 190 valence electrons. The Bertz CT molecular complexity index is 1820. The molecular weight excluding hydrogens is 480 g/mol. The first-order valence-corrected chi connectivity index (χ1v) is 13.0. The second kappa shape index (κ2) is 10.4.